The van der Waals surface area contributed by atoms with Crippen LogP contribution in [0.3, 0.4) is 0 Å². The van der Waals surface area contributed by atoms with Crippen LogP contribution in [0.4, 0.5) is 0 Å². The van der Waals surface area contributed by atoms with Gasteiger partial charge in [-0.3, -0.25) is 19.6 Å². The Morgan fingerprint density at radius 3 is 0.635 bits per heavy atom. The highest BCUT2D eigenvalue weighted by Gasteiger charge is 2.24. The second kappa shape index (κ2) is 25.7. The van der Waals surface area contributed by atoms with Gasteiger partial charge in [0.2, 0.25) is 0 Å². The largest absolute Gasteiger partial charge is 0.306 e. The van der Waals surface area contributed by atoms with Gasteiger partial charge >= 0.3 is 0 Å². The first-order valence-electron chi connectivity index (χ1n) is 21.7. The van der Waals surface area contributed by atoms with Crippen molar-refractivity contribution in [2.45, 2.75) is 70.6 Å². The fourth-order valence-corrected chi connectivity index (χ4v) is 8.99. The Morgan fingerprint density at radius 1 is 0.250 bits per heavy atom. The molecule has 7 saturated heterocycles. The smallest absolute Gasteiger partial charge is 0.0523 e. The Kier molecular flexibility index (Phi) is 22.7. The summed E-state index contributed by atoms with van der Waals surface area (Å²) in [5.74, 6) is 4.15. The minimum Gasteiger partial charge on any atom is -0.306 e. The summed E-state index contributed by atoms with van der Waals surface area (Å²) in [6.45, 7) is 21.5. The highest BCUT2D eigenvalue weighted by atomic mass is 15.5. The third kappa shape index (κ3) is 20.5. The van der Waals surface area contributed by atoms with E-state index >= 15 is 0 Å². The molecule has 0 N–H and O–H groups in total. The fourth-order valence-electron chi connectivity index (χ4n) is 8.99. The van der Waals surface area contributed by atoms with E-state index in [0.29, 0.717) is 0 Å². The van der Waals surface area contributed by atoms with Crippen LogP contribution in [-0.2, 0) is 0 Å². The summed E-state index contributed by atoms with van der Waals surface area (Å²) in [4.78, 5) is 23.8. The van der Waals surface area contributed by atoms with Crippen molar-refractivity contribution < 1.29 is 0 Å². The van der Waals surface area contributed by atoms with Gasteiger partial charge in [-0.2, -0.15) is 0 Å². The second-order valence-electron chi connectivity index (χ2n) is 18.7. The van der Waals surface area contributed by atoms with Gasteiger partial charge in [-0.05, 0) is 217 Å². The summed E-state index contributed by atoms with van der Waals surface area (Å²) in [5.41, 5.74) is 0. The highest BCUT2D eigenvalue weighted by molar-refractivity contribution is 4.78. The molecule has 0 atom stereocenters. The van der Waals surface area contributed by atoms with Gasteiger partial charge in [-0.1, -0.05) is 0 Å². The molecule has 0 unspecified atom stereocenters. The van der Waals surface area contributed by atoms with Crippen molar-refractivity contribution in [1.82, 2.24) is 49.0 Å². The molecule has 0 bridgehead atoms. The quantitative estimate of drug-likeness (QED) is 0.424. The SMILES string of the molecule is CN1CCC(CC2CCN(C)CC2)CC1.CN1CCC(CC2CCN(C)CC2)CC1.CN1CCCN(C)C1.CN1CCN(C)CC1.CN1CN(C)C1. The van der Waals surface area contributed by atoms with Gasteiger partial charge in [0.25, 0.3) is 0 Å². The fraction of sp³-hybridized carbons (Fsp3) is 1.00. The van der Waals surface area contributed by atoms with Crippen molar-refractivity contribution in [1.29, 1.82) is 0 Å². The Morgan fingerprint density at radius 2 is 0.462 bits per heavy atom. The molecule has 10 heteroatoms. The van der Waals surface area contributed by atoms with Crippen LogP contribution in [0.2, 0.25) is 0 Å². The molecule has 0 spiro atoms. The first-order valence-corrected chi connectivity index (χ1v) is 21.7. The van der Waals surface area contributed by atoms with E-state index in [-0.39, 0.29) is 0 Å². The lowest BCUT2D eigenvalue weighted by Gasteiger charge is -2.36. The molecule has 0 aromatic heterocycles. The van der Waals surface area contributed by atoms with Crippen LogP contribution in [0.15, 0.2) is 0 Å². The van der Waals surface area contributed by atoms with Gasteiger partial charge in [-0.25, -0.2) is 0 Å². The van der Waals surface area contributed by atoms with Crippen LogP contribution in [0, 0.1) is 23.7 Å². The van der Waals surface area contributed by atoms with Gasteiger partial charge in [0.05, 0.1) is 20.0 Å². The summed E-state index contributed by atoms with van der Waals surface area (Å²) < 4.78 is 0. The maximum atomic E-state index is 2.48. The van der Waals surface area contributed by atoms with Crippen LogP contribution in [0.25, 0.3) is 0 Å². The van der Waals surface area contributed by atoms with E-state index in [0.717, 1.165) is 43.7 Å². The number of nitrogens with zero attached hydrogens (tertiary/aromatic N) is 10. The molecule has 7 aliphatic heterocycles. The van der Waals surface area contributed by atoms with Crippen LogP contribution < -0.4 is 0 Å². The molecule has 52 heavy (non-hydrogen) atoms. The molecule has 0 saturated carbocycles. The van der Waals surface area contributed by atoms with E-state index in [9.17, 15) is 0 Å². The van der Waals surface area contributed by atoms with E-state index in [2.05, 4.69) is 119 Å². The molecule has 308 valence electrons. The Hall–Kier alpha value is -0.400. The first kappa shape index (κ1) is 46.0. The van der Waals surface area contributed by atoms with Gasteiger partial charge in [0, 0.05) is 39.3 Å². The summed E-state index contributed by atoms with van der Waals surface area (Å²) in [5, 5.41) is 0. The van der Waals surface area contributed by atoms with Gasteiger partial charge < -0.3 is 29.4 Å². The zero-order chi connectivity index (χ0) is 37.9. The standard InChI is InChI=1S/2C13H26N2.2C6H14N2.C4H10N2/c2*1-14-7-3-12(4-8-14)11-13-5-9-15(2)10-6-13;1-7-3-5-8(2)6-4-7;1-7-4-3-5-8(2)6-7;1-5-3-6(2)4-5/h2*12-13H,3-11H2,1-2H3;2*3-6H2,1-2H3;3-4H2,1-2H3. The normalized spacial score (nSPS) is 27.6. The van der Waals surface area contributed by atoms with Crippen molar-refractivity contribution in [2.75, 3.05) is 182 Å². The number of likely N-dealkylation sites (N-methyl/N-ethyl adjacent to an activating group) is 2. The number of likely N-dealkylation sites (tertiary alicyclic amines) is 4. The lowest BCUT2D eigenvalue weighted by molar-refractivity contribution is 0.0149. The highest BCUT2D eigenvalue weighted by Crippen LogP contribution is 2.30. The van der Waals surface area contributed by atoms with Crippen LogP contribution in [0.1, 0.15) is 70.6 Å². The minimum atomic E-state index is 1.04. The average molecular weight is 735 g/mol. The zero-order valence-corrected chi connectivity index (χ0v) is 36.6. The molecule has 0 aromatic rings. The Bertz CT molecular complexity index is 743. The molecular weight excluding hydrogens is 645 g/mol. The maximum Gasteiger partial charge on any atom is 0.0523 e. The van der Waals surface area contributed by atoms with Gasteiger partial charge in [-0.15, -0.1) is 0 Å². The second-order valence-corrected chi connectivity index (χ2v) is 18.7. The van der Waals surface area contributed by atoms with Gasteiger partial charge in [0.1, 0.15) is 0 Å². The number of piperidine rings is 4. The van der Waals surface area contributed by atoms with E-state index in [4.69, 9.17) is 0 Å². The van der Waals surface area contributed by atoms with Crippen LogP contribution >= 0.6 is 0 Å². The number of rotatable bonds is 4. The number of piperazine rings is 1. The molecule has 7 fully saturated rings. The molecule has 0 radical (unpaired) electrons. The zero-order valence-electron chi connectivity index (χ0n) is 36.6. The molecule has 7 heterocycles. The summed E-state index contributed by atoms with van der Waals surface area (Å²) in [6.07, 6.45) is 15.9. The summed E-state index contributed by atoms with van der Waals surface area (Å²) in [7, 11) is 21.9. The van der Waals surface area contributed by atoms with Crippen molar-refractivity contribution in [2.24, 2.45) is 23.7 Å². The number of hydrogen-bond acceptors (Lipinski definition) is 10. The molecule has 0 aliphatic carbocycles. The predicted molar refractivity (Wildman–Crippen MR) is 225 cm³/mol. The molecule has 10 nitrogen and oxygen atoms in total. The molecule has 0 amide bonds. The molecule has 0 aromatic carbocycles. The lowest BCUT2D eigenvalue weighted by Crippen LogP contribution is -2.50. The summed E-state index contributed by atoms with van der Waals surface area (Å²) >= 11 is 0. The van der Waals surface area contributed by atoms with Crippen molar-refractivity contribution in [3.8, 4) is 0 Å². The Balaban J connectivity index is 0.000000183. The monoisotopic (exact) mass is 735 g/mol. The van der Waals surface area contributed by atoms with Crippen molar-refractivity contribution in [3.05, 3.63) is 0 Å². The maximum absolute atomic E-state index is 2.48. The average Bonchev–Trinajstić information content (AvgIpc) is 3.11. The molecule has 7 rings (SSSR count). The molecular formula is C42H90N10. The number of hydrogen-bond donors (Lipinski definition) is 0. The summed E-state index contributed by atoms with van der Waals surface area (Å²) in [6, 6.07) is 0. The van der Waals surface area contributed by atoms with E-state index in [1.165, 1.54) is 162 Å². The van der Waals surface area contributed by atoms with E-state index < -0.39 is 0 Å². The van der Waals surface area contributed by atoms with E-state index in [1.54, 1.807) is 0 Å². The van der Waals surface area contributed by atoms with Crippen LogP contribution in [0.5, 0.6) is 0 Å². The lowest BCUT2D eigenvalue weighted by atomic mass is 9.83. The van der Waals surface area contributed by atoms with Crippen LogP contribution in [-0.4, -0.2) is 231 Å². The first-order chi connectivity index (χ1) is 24.8. The predicted octanol–water partition coefficient (Wildman–Crippen LogP) is 3.97. The van der Waals surface area contributed by atoms with Crippen molar-refractivity contribution in [3.63, 3.8) is 0 Å². The van der Waals surface area contributed by atoms with E-state index in [1.807, 2.05) is 0 Å². The minimum absolute atomic E-state index is 1.04. The van der Waals surface area contributed by atoms with Crippen molar-refractivity contribution >= 4 is 0 Å². The third-order valence-corrected chi connectivity index (χ3v) is 12.9. The molecule has 7 aliphatic rings. The third-order valence-electron chi connectivity index (χ3n) is 12.9. The van der Waals surface area contributed by atoms with Gasteiger partial charge in [0.15, 0.2) is 0 Å². The Labute approximate surface area is 324 Å². The topological polar surface area (TPSA) is 32.4 Å².